The highest BCUT2D eigenvalue weighted by atomic mass is 127. The van der Waals surface area contributed by atoms with Crippen LogP contribution in [0.3, 0.4) is 0 Å². The van der Waals surface area contributed by atoms with Crippen molar-refractivity contribution in [2.75, 3.05) is 11.0 Å². The lowest BCUT2D eigenvalue weighted by atomic mass is 9.43. The Kier molecular flexibility index (Phi) is 3.27. The van der Waals surface area contributed by atoms with Crippen molar-refractivity contribution in [1.82, 2.24) is 0 Å². The van der Waals surface area contributed by atoms with Crippen LogP contribution < -0.4 is 0 Å². The molecule has 0 aliphatic heterocycles. The Labute approximate surface area is 124 Å². The van der Waals surface area contributed by atoms with Gasteiger partial charge in [-0.2, -0.15) is 0 Å². The molecule has 0 saturated heterocycles. The SMILES string of the molecule is CC12CC3CC(C)(C1)CC(OCC(O)CI)(C3)C2. The number of aliphatic hydroxyl groups is 1. The van der Waals surface area contributed by atoms with Crippen molar-refractivity contribution < 1.29 is 9.84 Å². The number of halogens is 1. The Hall–Kier alpha value is 0.650. The second-order valence-electron chi connectivity index (χ2n) is 7.93. The number of aliphatic hydroxyl groups excluding tert-OH is 1. The van der Waals surface area contributed by atoms with E-state index < -0.39 is 0 Å². The van der Waals surface area contributed by atoms with Crippen molar-refractivity contribution in [2.24, 2.45) is 16.7 Å². The largest absolute Gasteiger partial charge is 0.390 e. The molecule has 4 aliphatic carbocycles. The Morgan fingerprint density at radius 1 is 1.17 bits per heavy atom. The molecule has 4 rings (SSSR count). The molecule has 0 aromatic carbocycles. The van der Waals surface area contributed by atoms with Crippen LogP contribution in [-0.2, 0) is 4.74 Å². The van der Waals surface area contributed by atoms with E-state index in [2.05, 4.69) is 36.4 Å². The number of ether oxygens (including phenoxy) is 1. The van der Waals surface area contributed by atoms with E-state index in [9.17, 15) is 5.11 Å². The second-order valence-corrected chi connectivity index (χ2v) is 8.81. The van der Waals surface area contributed by atoms with Gasteiger partial charge in [-0.3, -0.25) is 0 Å². The van der Waals surface area contributed by atoms with Gasteiger partial charge in [0.05, 0.1) is 18.3 Å². The summed E-state index contributed by atoms with van der Waals surface area (Å²) in [5, 5.41) is 9.76. The monoisotopic (exact) mass is 364 g/mol. The zero-order chi connectivity index (χ0) is 13.0. The predicted octanol–water partition coefficient (Wildman–Crippen LogP) is 3.55. The fraction of sp³-hybridized carbons (Fsp3) is 1.00. The second kappa shape index (κ2) is 4.32. The topological polar surface area (TPSA) is 29.5 Å². The van der Waals surface area contributed by atoms with Crippen LogP contribution in [0.25, 0.3) is 0 Å². The van der Waals surface area contributed by atoms with Crippen LogP contribution >= 0.6 is 22.6 Å². The van der Waals surface area contributed by atoms with Gasteiger partial charge in [0.2, 0.25) is 0 Å². The highest BCUT2D eigenvalue weighted by molar-refractivity contribution is 14.1. The summed E-state index contributed by atoms with van der Waals surface area (Å²) in [5.41, 5.74) is 1.10. The molecule has 3 unspecified atom stereocenters. The molecule has 0 heterocycles. The average molecular weight is 364 g/mol. The standard InChI is InChI=1S/C15H25IO2/c1-13-3-11-4-14(2,8-13)10-15(5-11,9-13)18-7-12(17)6-16/h11-12,17H,3-10H2,1-2H3. The van der Waals surface area contributed by atoms with Crippen molar-refractivity contribution in [3.63, 3.8) is 0 Å². The number of rotatable bonds is 4. The molecule has 0 amide bonds. The molecule has 0 aromatic rings. The van der Waals surface area contributed by atoms with E-state index in [1.807, 2.05) is 0 Å². The third kappa shape index (κ3) is 2.35. The fourth-order valence-electron chi connectivity index (χ4n) is 5.82. The Morgan fingerprint density at radius 3 is 2.28 bits per heavy atom. The number of alkyl halides is 1. The van der Waals surface area contributed by atoms with Gasteiger partial charge in [-0.1, -0.05) is 36.4 Å². The van der Waals surface area contributed by atoms with Gasteiger partial charge in [0, 0.05) is 4.43 Å². The van der Waals surface area contributed by atoms with Crippen molar-refractivity contribution in [1.29, 1.82) is 0 Å². The maximum absolute atomic E-state index is 9.76. The van der Waals surface area contributed by atoms with E-state index >= 15 is 0 Å². The van der Waals surface area contributed by atoms with Crippen LogP contribution in [0.15, 0.2) is 0 Å². The Bertz CT molecular complexity index is 325. The molecule has 18 heavy (non-hydrogen) atoms. The summed E-state index contributed by atoms with van der Waals surface area (Å²) in [6, 6.07) is 0. The zero-order valence-corrected chi connectivity index (χ0v) is 13.7. The zero-order valence-electron chi connectivity index (χ0n) is 11.5. The molecule has 0 radical (unpaired) electrons. The van der Waals surface area contributed by atoms with E-state index in [1.54, 1.807) is 0 Å². The van der Waals surface area contributed by atoms with Gasteiger partial charge in [-0.05, 0) is 55.3 Å². The van der Waals surface area contributed by atoms with Gasteiger partial charge >= 0.3 is 0 Å². The van der Waals surface area contributed by atoms with Gasteiger partial charge in [-0.25, -0.2) is 0 Å². The lowest BCUT2D eigenvalue weighted by molar-refractivity contribution is -0.220. The fourth-order valence-corrected chi connectivity index (χ4v) is 6.08. The summed E-state index contributed by atoms with van der Waals surface area (Å²) in [6.45, 7) is 5.45. The third-order valence-electron chi connectivity index (χ3n) is 5.34. The number of hydrogen-bond acceptors (Lipinski definition) is 2. The van der Waals surface area contributed by atoms with Crippen LogP contribution in [0.1, 0.15) is 52.4 Å². The summed E-state index contributed by atoms with van der Waals surface area (Å²) in [4.78, 5) is 0. The van der Waals surface area contributed by atoms with Crippen LogP contribution in [0, 0.1) is 16.7 Å². The summed E-state index contributed by atoms with van der Waals surface area (Å²) >= 11 is 2.23. The smallest absolute Gasteiger partial charge is 0.0863 e. The minimum Gasteiger partial charge on any atom is -0.390 e. The lowest BCUT2D eigenvalue weighted by Gasteiger charge is -2.65. The van der Waals surface area contributed by atoms with E-state index in [-0.39, 0.29) is 11.7 Å². The van der Waals surface area contributed by atoms with Crippen LogP contribution in [0.4, 0.5) is 0 Å². The van der Waals surface area contributed by atoms with Crippen molar-refractivity contribution in [2.45, 2.75) is 64.1 Å². The quantitative estimate of drug-likeness (QED) is 0.611. The normalized spacial score (nSPS) is 51.7. The van der Waals surface area contributed by atoms with E-state index in [4.69, 9.17) is 4.74 Å². The van der Waals surface area contributed by atoms with E-state index in [1.165, 1.54) is 38.5 Å². The van der Waals surface area contributed by atoms with Gasteiger partial charge < -0.3 is 9.84 Å². The first-order valence-corrected chi connectivity index (χ1v) is 8.77. The highest BCUT2D eigenvalue weighted by Crippen LogP contribution is 2.67. The van der Waals surface area contributed by atoms with Gasteiger partial charge in [0.25, 0.3) is 0 Å². The molecule has 1 N–H and O–H groups in total. The van der Waals surface area contributed by atoms with Gasteiger partial charge in [0.15, 0.2) is 0 Å². The summed E-state index contributed by atoms with van der Waals surface area (Å²) in [5.74, 6) is 0.869. The molecular formula is C15H25IO2. The van der Waals surface area contributed by atoms with Gasteiger partial charge in [-0.15, -0.1) is 0 Å². The maximum Gasteiger partial charge on any atom is 0.0863 e. The van der Waals surface area contributed by atoms with Crippen molar-refractivity contribution in [3.8, 4) is 0 Å². The first-order chi connectivity index (χ1) is 8.36. The minimum absolute atomic E-state index is 0.0930. The Morgan fingerprint density at radius 2 is 1.78 bits per heavy atom. The van der Waals surface area contributed by atoms with Crippen LogP contribution in [0.5, 0.6) is 0 Å². The molecule has 2 nitrogen and oxygen atoms in total. The predicted molar refractivity (Wildman–Crippen MR) is 81.0 cm³/mol. The Balaban J connectivity index is 1.76. The molecule has 4 bridgehead atoms. The van der Waals surface area contributed by atoms with Crippen LogP contribution in [-0.4, -0.2) is 27.8 Å². The molecule has 4 saturated carbocycles. The molecule has 3 heteroatoms. The molecule has 0 aromatic heterocycles. The third-order valence-corrected chi connectivity index (χ3v) is 6.35. The van der Waals surface area contributed by atoms with E-state index in [0.717, 1.165) is 10.3 Å². The van der Waals surface area contributed by atoms with Gasteiger partial charge in [0.1, 0.15) is 0 Å². The van der Waals surface area contributed by atoms with Crippen molar-refractivity contribution >= 4 is 22.6 Å². The van der Waals surface area contributed by atoms with E-state index in [0.29, 0.717) is 17.4 Å². The summed E-state index contributed by atoms with van der Waals surface area (Å²) in [7, 11) is 0. The highest BCUT2D eigenvalue weighted by Gasteiger charge is 2.60. The van der Waals surface area contributed by atoms with Crippen molar-refractivity contribution in [3.05, 3.63) is 0 Å². The maximum atomic E-state index is 9.76. The molecule has 3 atom stereocenters. The summed E-state index contributed by atoms with van der Waals surface area (Å²) < 4.78 is 7.04. The summed E-state index contributed by atoms with van der Waals surface area (Å²) in [6.07, 6.45) is 7.59. The molecule has 104 valence electrons. The first-order valence-electron chi connectivity index (χ1n) is 7.24. The number of hydrogen-bond donors (Lipinski definition) is 1. The molecule has 4 fully saturated rings. The van der Waals surface area contributed by atoms with Crippen LogP contribution in [0.2, 0.25) is 0 Å². The lowest BCUT2D eigenvalue weighted by Crippen LogP contribution is -2.59. The minimum atomic E-state index is -0.292. The molecular weight excluding hydrogens is 339 g/mol. The first kappa shape index (κ1) is 13.6. The molecule has 4 aliphatic rings. The average Bonchev–Trinajstić information content (AvgIpc) is 2.21. The molecule has 0 spiro atoms.